The van der Waals surface area contributed by atoms with Gasteiger partial charge in [0.25, 0.3) is 0 Å². The van der Waals surface area contributed by atoms with E-state index in [1.54, 1.807) is 49.4 Å². The van der Waals surface area contributed by atoms with Crippen molar-refractivity contribution in [1.29, 1.82) is 0 Å². The minimum absolute atomic E-state index is 0.0816. The molecule has 0 aliphatic heterocycles. The number of sulfonamides is 1. The van der Waals surface area contributed by atoms with Crippen LogP contribution in [0, 0.1) is 12.8 Å². The van der Waals surface area contributed by atoms with Crippen molar-refractivity contribution in [3.63, 3.8) is 0 Å². The van der Waals surface area contributed by atoms with Gasteiger partial charge in [0.1, 0.15) is 18.3 Å². The van der Waals surface area contributed by atoms with Gasteiger partial charge in [0.05, 0.1) is 19.1 Å². The molecule has 0 saturated heterocycles. The van der Waals surface area contributed by atoms with E-state index in [9.17, 15) is 18.0 Å². The average molecular weight is 524 g/mol. The van der Waals surface area contributed by atoms with E-state index in [0.717, 1.165) is 16.1 Å². The Morgan fingerprint density at radius 2 is 1.80 bits per heavy atom. The van der Waals surface area contributed by atoms with Crippen LogP contribution in [0.15, 0.2) is 42.5 Å². The zero-order valence-corrected chi connectivity index (χ0v) is 22.6. The van der Waals surface area contributed by atoms with Crippen LogP contribution in [0.3, 0.4) is 0 Å². The van der Waals surface area contributed by atoms with Crippen molar-refractivity contribution in [3.05, 3.63) is 58.6 Å². The van der Waals surface area contributed by atoms with E-state index in [-0.39, 0.29) is 24.1 Å². The van der Waals surface area contributed by atoms with Gasteiger partial charge in [-0.15, -0.1) is 0 Å². The lowest BCUT2D eigenvalue weighted by Crippen LogP contribution is -2.51. The fraction of sp³-hybridized carbons (Fsp3) is 0.440. The summed E-state index contributed by atoms with van der Waals surface area (Å²) in [6.07, 6.45) is 1.03. The van der Waals surface area contributed by atoms with E-state index < -0.39 is 28.5 Å². The van der Waals surface area contributed by atoms with Crippen molar-refractivity contribution >= 4 is 39.1 Å². The van der Waals surface area contributed by atoms with Crippen molar-refractivity contribution < 1.29 is 22.7 Å². The first-order valence-electron chi connectivity index (χ1n) is 11.3. The third kappa shape index (κ3) is 8.14. The zero-order valence-electron chi connectivity index (χ0n) is 21.0. The summed E-state index contributed by atoms with van der Waals surface area (Å²) < 4.78 is 31.9. The Morgan fingerprint density at radius 3 is 2.37 bits per heavy atom. The van der Waals surface area contributed by atoms with Gasteiger partial charge in [-0.25, -0.2) is 8.42 Å². The number of amides is 2. The molecule has 0 aromatic heterocycles. The highest BCUT2D eigenvalue weighted by Crippen LogP contribution is 2.31. The number of benzene rings is 2. The van der Waals surface area contributed by atoms with Crippen molar-refractivity contribution in [2.75, 3.05) is 30.8 Å². The Hall–Kier alpha value is -2.78. The van der Waals surface area contributed by atoms with Gasteiger partial charge in [-0.1, -0.05) is 43.6 Å². The molecule has 10 heteroatoms. The molecule has 0 spiro atoms. The summed E-state index contributed by atoms with van der Waals surface area (Å²) >= 11 is 6.12. The molecule has 2 amide bonds. The van der Waals surface area contributed by atoms with Crippen LogP contribution < -0.4 is 14.4 Å². The number of rotatable bonds is 11. The largest absolute Gasteiger partial charge is 0.495 e. The second-order valence-electron chi connectivity index (χ2n) is 8.91. The SMILES string of the molecule is COc1ccc(C)cc1N(CC(=O)N(Cc1cccc(Cl)c1)[C@H](C)C(=O)NCC(C)C)S(C)(=O)=O. The number of carbonyl (C=O) groups is 2. The highest BCUT2D eigenvalue weighted by atomic mass is 35.5. The first kappa shape index (κ1) is 28.5. The minimum atomic E-state index is -3.86. The van der Waals surface area contributed by atoms with E-state index >= 15 is 0 Å². The number of halogens is 1. The van der Waals surface area contributed by atoms with E-state index in [0.29, 0.717) is 22.9 Å². The quantitative estimate of drug-likeness (QED) is 0.485. The number of nitrogens with zero attached hydrogens (tertiary/aromatic N) is 2. The number of methoxy groups -OCH3 is 1. The number of anilines is 1. The smallest absolute Gasteiger partial charge is 0.244 e. The summed E-state index contributed by atoms with van der Waals surface area (Å²) in [7, 11) is -2.43. The number of hydrogen-bond acceptors (Lipinski definition) is 5. The minimum Gasteiger partial charge on any atom is -0.495 e. The predicted molar refractivity (Wildman–Crippen MR) is 139 cm³/mol. The first-order valence-corrected chi connectivity index (χ1v) is 13.5. The normalized spacial score (nSPS) is 12.2. The van der Waals surface area contributed by atoms with Gasteiger partial charge in [-0.3, -0.25) is 13.9 Å². The molecule has 1 N–H and O–H groups in total. The molecule has 2 aromatic rings. The molecule has 1 atom stereocenters. The van der Waals surface area contributed by atoms with Crippen LogP contribution in [0.1, 0.15) is 31.9 Å². The van der Waals surface area contributed by atoms with E-state index in [1.165, 1.54) is 12.0 Å². The molecule has 0 fully saturated rings. The first-order chi connectivity index (χ1) is 16.3. The van der Waals surface area contributed by atoms with Gasteiger partial charge in [0, 0.05) is 18.1 Å². The topological polar surface area (TPSA) is 96.0 Å². The number of carbonyl (C=O) groups excluding carboxylic acids is 2. The van der Waals surface area contributed by atoms with Crippen LogP contribution in [0.4, 0.5) is 5.69 Å². The second kappa shape index (κ2) is 12.3. The maximum absolute atomic E-state index is 13.6. The molecule has 35 heavy (non-hydrogen) atoms. The van der Waals surface area contributed by atoms with E-state index in [2.05, 4.69) is 5.32 Å². The number of nitrogens with one attached hydrogen (secondary N) is 1. The monoisotopic (exact) mass is 523 g/mol. The van der Waals surface area contributed by atoms with Crippen LogP contribution in [-0.2, 0) is 26.2 Å². The summed E-state index contributed by atoms with van der Waals surface area (Å²) in [5, 5.41) is 3.34. The molecule has 0 saturated carbocycles. The molecule has 0 radical (unpaired) electrons. The van der Waals surface area contributed by atoms with Crippen LogP contribution in [0.2, 0.25) is 5.02 Å². The third-order valence-corrected chi connectivity index (χ3v) is 6.74. The lowest BCUT2D eigenvalue weighted by molar-refractivity contribution is -0.139. The van der Waals surface area contributed by atoms with Crippen LogP contribution in [0.25, 0.3) is 0 Å². The maximum atomic E-state index is 13.6. The fourth-order valence-corrected chi connectivity index (χ4v) is 4.51. The van der Waals surface area contributed by atoms with Crippen LogP contribution >= 0.6 is 11.6 Å². The number of hydrogen-bond donors (Lipinski definition) is 1. The van der Waals surface area contributed by atoms with Gasteiger partial charge < -0.3 is 15.0 Å². The molecule has 0 heterocycles. The van der Waals surface area contributed by atoms with Gasteiger partial charge in [-0.05, 0) is 55.2 Å². The number of ether oxygens (including phenoxy) is 1. The Balaban J connectivity index is 2.44. The molecule has 8 nitrogen and oxygen atoms in total. The molecule has 0 unspecified atom stereocenters. The molecule has 0 aliphatic carbocycles. The number of aryl methyl sites for hydroxylation is 1. The summed E-state index contributed by atoms with van der Waals surface area (Å²) in [5.41, 5.74) is 1.77. The van der Waals surface area contributed by atoms with E-state index in [4.69, 9.17) is 16.3 Å². The Bertz CT molecular complexity index is 1150. The van der Waals surface area contributed by atoms with Gasteiger partial charge >= 0.3 is 0 Å². The lowest BCUT2D eigenvalue weighted by Gasteiger charge is -2.32. The molecule has 192 valence electrons. The van der Waals surface area contributed by atoms with Gasteiger partial charge in [0.2, 0.25) is 21.8 Å². The summed E-state index contributed by atoms with van der Waals surface area (Å²) in [4.78, 5) is 27.8. The molecular weight excluding hydrogens is 490 g/mol. The Morgan fingerprint density at radius 1 is 1.11 bits per heavy atom. The third-order valence-electron chi connectivity index (χ3n) is 5.38. The Labute approximate surface area is 213 Å². The maximum Gasteiger partial charge on any atom is 0.244 e. The average Bonchev–Trinajstić information content (AvgIpc) is 2.78. The molecule has 2 rings (SSSR count). The zero-order chi connectivity index (χ0) is 26.3. The highest BCUT2D eigenvalue weighted by Gasteiger charge is 2.31. The Kier molecular flexibility index (Phi) is 9.97. The van der Waals surface area contributed by atoms with Crippen molar-refractivity contribution in [2.24, 2.45) is 5.92 Å². The van der Waals surface area contributed by atoms with Crippen LogP contribution in [-0.4, -0.2) is 57.6 Å². The van der Waals surface area contributed by atoms with Crippen LogP contribution in [0.5, 0.6) is 5.75 Å². The molecular formula is C25H34ClN3O5S. The summed E-state index contributed by atoms with van der Waals surface area (Å²) in [5.74, 6) is -0.310. The highest BCUT2D eigenvalue weighted by molar-refractivity contribution is 7.92. The molecule has 0 aliphatic rings. The van der Waals surface area contributed by atoms with E-state index in [1.807, 2.05) is 20.8 Å². The fourth-order valence-electron chi connectivity index (χ4n) is 3.46. The lowest BCUT2D eigenvalue weighted by atomic mass is 10.1. The van der Waals surface area contributed by atoms with Crippen molar-refractivity contribution in [3.8, 4) is 5.75 Å². The van der Waals surface area contributed by atoms with Crippen molar-refractivity contribution in [2.45, 2.75) is 40.3 Å². The predicted octanol–water partition coefficient (Wildman–Crippen LogP) is 3.61. The standard InChI is InChI=1S/C25H34ClN3O5S/c1-17(2)14-27-25(31)19(4)28(15-20-8-7-9-21(26)13-20)24(30)16-29(35(6,32)33)22-12-18(3)10-11-23(22)34-5/h7-13,17,19H,14-16H2,1-6H3,(H,27,31)/t19-/m1/s1. The van der Waals surface area contributed by atoms with Gasteiger partial charge in [0.15, 0.2) is 0 Å². The second-order valence-corrected chi connectivity index (χ2v) is 11.3. The summed E-state index contributed by atoms with van der Waals surface area (Å²) in [6.45, 7) is 7.42. The molecule has 2 aromatic carbocycles. The summed E-state index contributed by atoms with van der Waals surface area (Å²) in [6, 6.07) is 11.2. The van der Waals surface area contributed by atoms with Crippen molar-refractivity contribution in [1.82, 2.24) is 10.2 Å². The molecule has 0 bridgehead atoms. The van der Waals surface area contributed by atoms with Gasteiger partial charge in [-0.2, -0.15) is 0 Å².